The fraction of sp³-hybridized carbons (Fsp3) is 0.167. The summed E-state index contributed by atoms with van der Waals surface area (Å²) in [6.07, 6.45) is 0.0474. The van der Waals surface area contributed by atoms with Crippen molar-refractivity contribution in [3.05, 3.63) is 58.1 Å². The molecule has 1 aliphatic heterocycles. The summed E-state index contributed by atoms with van der Waals surface area (Å²) in [5, 5.41) is 14.0. The Labute approximate surface area is 159 Å². The van der Waals surface area contributed by atoms with Crippen LogP contribution in [0.5, 0.6) is 0 Å². The summed E-state index contributed by atoms with van der Waals surface area (Å²) >= 11 is 12.1. The summed E-state index contributed by atoms with van der Waals surface area (Å²) in [5.41, 5.74) is 0.922. The number of halogens is 2. The number of carbonyl (C=O) groups is 3. The molecule has 0 saturated carbocycles. The van der Waals surface area contributed by atoms with E-state index >= 15 is 0 Å². The van der Waals surface area contributed by atoms with E-state index in [0.717, 1.165) is 0 Å². The molecule has 2 amide bonds. The maximum Gasteiger partial charge on any atom is 0.229 e. The molecule has 0 bridgehead atoms. The van der Waals surface area contributed by atoms with Gasteiger partial charge in [0.25, 0.3) is 0 Å². The van der Waals surface area contributed by atoms with Crippen molar-refractivity contribution < 1.29 is 19.5 Å². The molecule has 2 aromatic carbocycles. The largest absolute Gasteiger partial charge is 0.545 e. The fourth-order valence-corrected chi connectivity index (χ4v) is 3.15. The quantitative estimate of drug-likeness (QED) is 0.865. The van der Waals surface area contributed by atoms with E-state index in [9.17, 15) is 19.5 Å². The van der Waals surface area contributed by atoms with Gasteiger partial charge in [0.15, 0.2) is 0 Å². The summed E-state index contributed by atoms with van der Waals surface area (Å²) in [5.74, 6) is -2.40. The third-order valence-electron chi connectivity index (χ3n) is 4.11. The highest BCUT2D eigenvalue weighted by Crippen LogP contribution is 2.35. The van der Waals surface area contributed by atoms with Crippen LogP contribution >= 0.6 is 23.2 Å². The number of nitrogens with one attached hydrogen (secondary N) is 1. The van der Waals surface area contributed by atoms with E-state index in [1.165, 1.54) is 29.2 Å². The lowest BCUT2D eigenvalue weighted by atomic mass is 10.1. The summed E-state index contributed by atoms with van der Waals surface area (Å²) in [4.78, 5) is 36.9. The molecule has 0 unspecified atom stereocenters. The monoisotopic (exact) mass is 391 g/mol. The average molecular weight is 392 g/mol. The molecule has 0 aromatic heterocycles. The van der Waals surface area contributed by atoms with Crippen LogP contribution in [-0.2, 0) is 9.59 Å². The first kappa shape index (κ1) is 18.2. The number of nitrogens with zero attached hydrogens (tertiary/aromatic N) is 1. The Bertz CT molecular complexity index is 883. The standard InChI is InChI=1S/C18H14Cl2N2O4/c19-13-2-1-3-14(16(13)20)22-9-11(8-15(22)23)17(24)21-12-6-4-10(5-7-12)18(25)26/h1-7,11H,8-9H2,(H,21,24)(H,25,26)/p-1/t11-/m1/s1. The summed E-state index contributed by atoms with van der Waals surface area (Å²) in [6.45, 7) is 0.182. The zero-order valence-corrected chi connectivity index (χ0v) is 14.9. The van der Waals surface area contributed by atoms with Gasteiger partial charge in [-0.25, -0.2) is 0 Å². The molecule has 26 heavy (non-hydrogen) atoms. The SMILES string of the molecule is O=C([O-])c1ccc(NC(=O)[C@@H]2CC(=O)N(c3cccc(Cl)c3Cl)C2)cc1. The Kier molecular flexibility index (Phi) is 5.15. The Morgan fingerprint density at radius 1 is 1.12 bits per heavy atom. The van der Waals surface area contributed by atoms with Gasteiger partial charge < -0.3 is 20.1 Å². The van der Waals surface area contributed by atoms with Crippen molar-refractivity contribution in [1.29, 1.82) is 0 Å². The van der Waals surface area contributed by atoms with Crippen molar-refractivity contribution in [2.75, 3.05) is 16.8 Å². The Morgan fingerprint density at radius 2 is 1.81 bits per heavy atom. The van der Waals surface area contributed by atoms with E-state index in [1.54, 1.807) is 18.2 Å². The van der Waals surface area contributed by atoms with Gasteiger partial charge in [0.1, 0.15) is 0 Å². The van der Waals surface area contributed by atoms with Crippen LogP contribution in [0, 0.1) is 5.92 Å². The number of carboxylic acids is 1. The molecule has 1 N–H and O–H groups in total. The van der Waals surface area contributed by atoms with E-state index in [-0.39, 0.29) is 35.4 Å². The van der Waals surface area contributed by atoms with E-state index in [0.29, 0.717) is 16.4 Å². The summed E-state index contributed by atoms with van der Waals surface area (Å²) < 4.78 is 0. The van der Waals surface area contributed by atoms with Gasteiger partial charge in [-0.2, -0.15) is 0 Å². The first-order chi connectivity index (χ1) is 12.4. The number of benzene rings is 2. The minimum absolute atomic E-state index is 0.0146. The highest BCUT2D eigenvalue weighted by molar-refractivity contribution is 6.44. The molecule has 8 heteroatoms. The molecule has 1 heterocycles. The zero-order chi connectivity index (χ0) is 18.8. The number of aromatic carboxylic acids is 1. The van der Waals surface area contributed by atoms with Gasteiger partial charge >= 0.3 is 0 Å². The minimum atomic E-state index is -1.29. The molecule has 1 saturated heterocycles. The number of hydrogen-bond acceptors (Lipinski definition) is 4. The van der Waals surface area contributed by atoms with E-state index in [2.05, 4.69) is 5.32 Å². The van der Waals surface area contributed by atoms with Crippen LogP contribution in [-0.4, -0.2) is 24.3 Å². The zero-order valence-electron chi connectivity index (χ0n) is 13.4. The third kappa shape index (κ3) is 3.66. The van der Waals surface area contributed by atoms with Gasteiger partial charge in [-0.05, 0) is 29.8 Å². The third-order valence-corrected chi connectivity index (χ3v) is 4.91. The number of amides is 2. The van der Waals surface area contributed by atoms with E-state index in [1.807, 2.05) is 0 Å². The minimum Gasteiger partial charge on any atom is -0.545 e. The molecule has 1 fully saturated rings. The Hall–Kier alpha value is -2.57. The second kappa shape index (κ2) is 7.35. The number of hydrogen-bond donors (Lipinski definition) is 1. The average Bonchev–Trinajstić information content (AvgIpc) is 2.99. The predicted molar refractivity (Wildman–Crippen MR) is 96.3 cm³/mol. The molecule has 6 nitrogen and oxygen atoms in total. The van der Waals surface area contributed by atoms with Crippen LogP contribution in [0.2, 0.25) is 10.0 Å². The van der Waals surface area contributed by atoms with Crippen LogP contribution in [0.4, 0.5) is 11.4 Å². The maximum absolute atomic E-state index is 12.4. The van der Waals surface area contributed by atoms with Crippen molar-refractivity contribution >= 4 is 52.4 Å². The van der Waals surface area contributed by atoms with E-state index in [4.69, 9.17) is 23.2 Å². The number of carboxylic acid groups (broad SMARTS) is 1. The van der Waals surface area contributed by atoms with Gasteiger partial charge in [-0.15, -0.1) is 0 Å². The molecule has 1 atom stereocenters. The van der Waals surface area contributed by atoms with Gasteiger partial charge in [0, 0.05) is 18.7 Å². The van der Waals surface area contributed by atoms with Crippen molar-refractivity contribution in [3.63, 3.8) is 0 Å². The molecule has 0 radical (unpaired) electrons. The lowest BCUT2D eigenvalue weighted by molar-refractivity contribution is -0.255. The van der Waals surface area contributed by atoms with Crippen LogP contribution in [0.25, 0.3) is 0 Å². The maximum atomic E-state index is 12.4. The lowest BCUT2D eigenvalue weighted by Crippen LogP contribution is -2.28. The van der Waals surface area contributed by atoms with Crippen LogP contribution in [0.3, 0.4) is 0 Å². The van der Waals surface area contributed by atoms with Crippen molar-refractivity contribution in [2.24, 2.45) is 5.92 Å². The van der Waals surface area contributed by atoms with Crippen LogP contribution < -0.4 is 15.3 Å². The second-order valence-corrected chi connectivity index (χ2v) is 6.62. The number of carbonyl (C=O) groups excluding carboxylic acids is 3. The van der Waals surface area contributed by atoms with E-state index < -0.39 is 11.9 Å². The highest BCUT2D eigenvalue weighted by Gasteiger charge is 2.36. The van der Waals surface area contributed by atoms with Gasteiger partial charge in [0.2, 0.25) is 11.8 Å². The molecular weight excluding hydrogens is 379 g/mol. The van der Waals surface area contributed by atoms with Crippen LogP contribution in [0.15, 0.2) is 42.5 Å². The van der Waals surface area contributed by atoms with Crippen molar-refractivity contribution in [1.82, 2.24) is 0 Å². The first-order valence-corrected chi connectivity index (χ1v) is 8.49. The van der Waals surface area contributed by atoms with Gasteiger partial charge in [0.05, 0.1) is 27.6 Å². The van der Waals surface area contributed by atoms with Gasteiger partial charge in [-0.3, -0.25) is 9.59 Å². The Balaban J connectivity index is 1.71. The topological polar surface area (TPSA) is 89.5 Å². The smallest absolute Gasteiger partial charge is 0.229 e. The molecule has 3 rings (SSSR count). The second-order valence-electron chi connectivity index (χ2n) is 5.83. The number of rotatable bonds is 4. The molecule has 0 aliphatic carbocycles. The fourth-order valence-electron chi connectivity index (χ4n) is 2.75. The predicted octanol–water partition coefficient (Wildman–Crippen LogP) is 2.35. The molecular formula is C18H13Cl2N2O4-. The molecule has 0 spiro atoms. The molecule has 134 valence electrons. The first-order valence-electron chi connectivity index (χ1n) is 7.73. The lowest BCUT2D eigenvalue weighted by Gasteiger charge is -2.18. The summed E-state index contributed by atoms with van der Waals surface area (Å²) in [6, 6.07) is 10.6. The van der Waals surface area contributed by atoms with Crippen LogP contribution in [0.1, 0.15) is 16.8 Å². The van der Waals surface area contributed by atoms with Crippen molar-refractivity contribution in [3.8, 4) is 0 Å². The Morgan fingerprint density at radius 3 is 2.46 bits per heavy atom. The van der Waals surface area contributed by atoms with Gasteiger partial charge in [-0.1, -0.05) is 41.4 Å². The summed E-state index contributed by atoms with van der Waals surface area (Å²) in [7, 11) is 0. The molecule has 1 aliphatic rings. The number of anilines is 2. The highest BCUT2D eigenvalue weighted by atomic mass is 35.5. The molecule has 2 aromatic rings. The van der Waals surface area contributed by atoms with Crippen molar-refractivity contribution in [2.45, 2.75) is 6.42 Å². The normalized spacial score (nSPS) is 16.6.